The molecule has 0 radical (unpaired) electrons. The molecule has 1 aliphatic carbocycles. The van der Waals surface area contributed by atoms with Crippen LogP contribution in [0.2, 0.25) is 0 Å². The number of carbonyl (C=O) groups is 2. The van der Waals surface area contributed by atoms with Gasteiger partial charge >= 0.3 is 5.97 Å². The van der Waals surface area contributed by atoms with E-state index in [0.29, 0.717) is 5.92 Å². The third-order valence-corrected chi connectivity index (χ3v) is 3.76. The van der Waals surface area contributed by atoms with E-state index in [1.54, 1.807) is 0 Å². The summed E-state index contributed by atoms with van der Waals surface area (Å²) in [5.41, 5.74) is -0.188. The van der Waals surface area contributed by atoms with Gasteiger partial charge in [0, 0.05) is 6.04 Å². The maximum Gasteiger partial charge on any atom is 0.354 e. The van der Waals surface area contributed by atoms with Gasteiger partial charge in [-0.3, -0.25) is 4.79 Å². The zero-order chi connectivity index (χ0) is 13.8. The molecule has 1 amide bonds. The molecule has 19 heavy (non-hydrogen) atoms. The monoisotopic (exact) mass is 265 g/mol. The Morgan fingerprint density at radius 1 is 1.53 bits per heavy atom. The molecule has 2 rings (SSSR count). The van der Waals surface area contributed by atoms with Gasteiger partial charge in [-0.2, -0.15) is 0 Å². The van der Waals surface area contributed by atoms with Crippen LogP contribution in [0.15, 0.2) is 6.33 Å². The molecule has 0 bridgehead atoms. The lowest BCUT2D eigenvalue weighted by molar-refractivity contribution is 0.0684. The number of H-pyrrole nitrogens is 1. The topological polar surface area (TPSA) is 95.1 Å². The third-order valence-electron chi connectivity index (χ3n) is 3.76. The molecule has 0 spiro atoms. The minimum absolute atomic E-state index is 0.0360. The number of hydrogen-bond acceptors (Lipinski definition) is 3. The van der Waals surface area contributed by atoms with Crippen molar-refractivity contribution >= 4 is 11.9 Å². The van der Waals surface area contributed by atoms with Gasteiger partial charge in [0.1, 0.15) is 0 Å². The molecular formula is C13H19N3O3. The number of rotatable bonds is 4. The molecule has 6 heteroatoms. The van der Waals surface area contributed by atoms with Gasteiger partial charge < -0.3 is 15.4 Å². The highest BCUT2D eigenvalue weighted by atomic mass is 16.4. The summed E-state index contributed by atoms with van der Waals surface area (Å²) in [4.78, 5) is 29.2. The summed E-state index contributed by atoms with van der Waals surface area (Å²) >= 11 is 0. The highest BCUT2D eigenvalue weighted by Crippen LogP contribution is 2.26. The van der Waals surface area contributed by atoms with Gasteiger partial charge in [0.2, 0.25) is 0 Å². The molecule has 1 aromatic heterocycles. The second-order valence-corrected chi connectivity index (χ2v) is 5.04. The maximum atomic E-state index is 12.0. The molecule has 2 unspecified atom stereocenters. The van der Waals surface area contributed by atoms with Crippen LogP contribution in [0.3, 0.4) is 0 Å². The minimum Gasteiger partial charge on any atom is -0.477 e. The van der Waals surface area contributed by atoms with Gasteiger partial charge in [-0.25, -0.2) is 9.78 Å². The number of carboxylic acid groups (broad SMARTS) is 1. The number of hydrogen-bond donors (Lipinski definition) is 3. The van der Waals surface area contributed by atoms with Crippen molar-refractivity contribution in [3.05, 3.63) is 17.7 Å². The molecule has 1 aliphatic rings. The number of nitrogens with one attached hydrogen (secondary N) is 2. The van der Waals surface area contributed by atoms with Crippen molar-refractivity contribution in [2.24, 2.45) is 5.92 Å². The van der Waals surface area contributed by atoms with Crippen molar-refractivity contribution in [2.45, 2.75) is 45.1 Å². The highest BCUT2D eigenvalue weighted by Gasteiger charge is 2.25. The fourth-order valence-electron chi connectivity index (χ4n) is 2.68. The van der Waals surface area contributed by atoms with E-state index in [1.807, 2.05) is 0 Å². The molecule has 2 atom stereocenters. The van der Waals surface area contributed by atoms with Gasteiger partial charge in [-0.1, -0.05) is 26.2 Å². The van der Waals surface area contributed by atoms with E-state index in [4.69, 9.17) is 5.11 Å². The second-order valence-electron chi connectivity index (χ2n) is 5.04. The maximum absolute atomic E-state index is 12.0. The van der Waals surface area contributed by atoms with Crippen molar-refractivity contribution in [3.8, 4) is 0 Å². The number of amides is 1. The normalized spacial score (nSPS) is 23.0. The first-order valence-corrected chi connectivity index (χ1v) is 6.69. The SMILES string of the molecule is CCC1CCCC(NC(=O)c2nc[nH]c2C(=O)O)C1. The van der Waals surface area contributed by atoms with Crippen LogP contribution in [0.1, 0.15) is 60.0 Å². The predicted octanol–water partition coefficient (Wildman–Crippen LogP) is 1.81. The van der Waals surface area contributed by atoms with Gasteiger partial charge in [-0.15, -0.1) is 0 Å². The van der Waals surface area contributed by atoms with Crippen LogP contribution in [-0.2, 0) is 0 Å². The lowest BCUT2D eigenvalue weighted by atomic mass is 9.84. The van der Waals surface area contributed by atoms with Crippen molar-refractivity contribution < 1.29 is 14.7 Å². The average Bonchev–Trinajstić information content (AvgIpc) is 2.88. The van der Waals surface area contributed by atoms with E-state index in [0.717, 1.165) is 25.7 Å². The van der Waals surface area contributed by atoms with Gasteiger partial charge in [0.15, 0.2) is 11.4 Å². The number of carbonyl (C=O) groups excluding carboxylic acids is 1. The van der Waals surface area contributed by atoms with Crippen LogP contribution in [0.5, 0.6) is 0 Å². The quantitative estimate of drug-likeness (QED) is 0.773. The van der Waals surface area contributed by atoms with Crippen LogP contribution in [0, 0.1) is 5.92 Å². The Morgan fingerprint density at radius 2 is 2.32 bits per heavy atom. The van der Waals surface area contributed by atoms with Gasteiger partial charge in [-0.05, 0) is 18.8 Å². The minimum atomic E-state index is -1.17. The molecule has 104 valence electrons. The Labute approximate surface area is 111 Å². The van der Waals surface area contributed by atoms with E-state index < -0.39 is 11.9 Å². The summed E-state index contributed by atoms with van der Waals surface area (Å²) in [5.74, 6) is -0.921. The Bertz CT molecular complexity index is 469. The average molecular weight is 265 g/mol. The molecule has 3 N–H and O–H groups in total. The van der Waals surface area contributed by atoms with E-state index in [-0.39, 0.29) is 17.4 Å². The van der Waals surface area contributed by atoms with Crippen molar-refractivity contribution in [1.82, 2.24) is 15.3 Å². The Kier molecular flexibility index (Phi) is 4.19. The van der Waals surface area contributed by atoms with E-state index >= 15 is 0 Å². The lowest BCUT2D eigenvalue weighted by Crippen LogP contribution is -2.39. The summed E-state index contributed by atoms with van der Waals surface area (Å²) in [6.45, 7) is 2.16. The fourth-order valence-corrected chi connectivity index (χ4v) is 2.68. The summed E-state index contributed by atoms with van der Waals surface area (Å²) in [6.07, 6.45) is 6.59. The number of aromatic carboxylic acids is 1. The Hall–Kier alpha value is -1.85. The van der Waals surface area contributed by atoms with E-state index in [1.165, 1.54) is 12.7 Å². The molecule has 6 nitrogen and oxygen atoms in total. The molecule has 1 heterocycles. The van der Waals surface area contributed by atoms with Crippen molar-refractivity contribution in [1.29, 1.82) is 0 Å². The lowest BCUT2D eigenvalue weighted by Gasteiger charge is -2.28. The highest BCUT2D eigenvalue weighted by molar-refractivity contribution is 6.02. The second kappa shape index (κ2) is 5.86. The largest absolute Gasteiger partial charge is 0.477 e. The molecule has 1 fully saturated rings. The zero-order valence-electron chi connectivity index (χ0n) is 11.0. The summed E-state index contributed by atoms with van der Waals surface area (Å²) in [6, 6.07) is 0.129. The predicted molar refractivity (Wildman–Crippen MR) is 69.1 cm³/mol. The Balaban J connectivity index is 2.00. The smallest absolute Gasteiger partial charge is 0.354 e. The van der Waals surface area contributed by atoms with Crippen LogP contribution >= 0.6 is 0 Å². The first-order chi connectivity index (χ1) is 9.11. The van der Waals surface area contributed by atoms with Crippen molar-refractivity contribution in [2.75, 3.05) is 0 Å². The molecule has 0 aromatic carbocycles. The van der Waals surface area contributed by atoms with Crippen LogP contribution in [0.25, 0.3) is 0 Å². The number of nitrogens with zero attached hydrogens (tertiary/aromatic N) is 1. The first-order valence-electron chi connectivity index (χ1n) is 6.69. The number of aromatic amines is 1. The summed E-state index contributed by atoms with van der Waals surface area (Å²) in [5, 5.41) is 11.8. The van der Waals surface area contributed by atoms with Crippen molar-refractivity contribution in [3.63, 3.8) is 0 Å². The van der Waals surface area contributed by atoms with E-state index in [9.17, 15) is 9.59 Å². The molecular weight excluding hydrogens is 246 g/mol. The standard InChI is InChI=1S/C13H19N3O3/c1-2-8-4-3-5-9(6-8)16-12(17)10-11(13(18)19)15-7-14-10/h7-9H,2-6H2,1H3,(H,14,15)(H,16,17)(H,18,19). The molecule has 0 saturated heterocycles. The molecule has 0 aliphatic heterocycles. The van der Waals surface area contributed by atoms with Gasteiger partial charge in [0.05, 0.1) is 6.33 Å². The van der Waals surface area contributed by atoms with Crippen LogP contribution in [-0.4, -0.2) is 33.0 Å². The van der Waals surface area contributed by atoms with Gasteiger partial charge in [0.25, 0.3) is 5.91 Å². The number of aromatic nitrogens is 2. The number of imidazole rings is 1. The first kappa shape index (κ1) is 13.6. The fraction of sp³-hybridized carbons (Fsp3) is 0.615. The molecule has 1 saturated carbocycles. The molecule has 1 aromatic rings. The number of carboxylic acids is 1. The summed E-state index contributed by atoms with van der Waals surface area (Å²) < 4.78 is 0. The Morgan fingerprint density at radius 3 is 3.00 bits per heavy atom. The summed E-state index contributed by atoms with van der Waals surface area (Å²) in [7, 11) is 0. The van der Waals surface area contributed by atoms with E-state index in [2.05, 4.69) is 22.2 Å². The van der Waals surface area contributed by atoms with Crippen LogP contribution in [0.4, 0.5) is 0 Å². The third kappa shape index (κ3) is 3.13. The zero-order valence-corrected chi connectivity index (χ0v) is 11.0. The van der Waals surface area contributed by atoms with Crippen LogP contribution < -0.4 is 5.32 Å².